The lowest BCUT2D eigenvalue weighted by Gasteiger charge is -2.19. The molecule has 0 saturated heterocycles. The van der Waals surface area contributed by atoms with E-state index in [-0.39, 0.29) is 31.2 Å². The van der Waals surface area contributed by atoms with Crippen LogP contribution in [-0.4, -0.2) is 59.3 Å². The van der Waals surface area contributed by atoms with Gasteiger partial charge in [-0.3, -0.25) is 19.2 Å². The van der Waals surface area contributed by atoms with Gasteiger partial charge < -0.3 is 26.2 Å². The number of esters is 1. The second kappa shape index (κ2) is 10.8. The van der Waals surface area contributed by atoms with Crippen LogP contribution in [0.15, 0.2) is 0 Å². The largest absolute Gasteiger partial charge is 0.481 e. The summed E-state index contributed by atoms with van der Waals surface area (Å²) in [4.78, 5) is 45.4. The van der Waals surface area contributed by atoms with Crippen LogP contribution in [0.1, 0.15) is 26.7 Å². The molecule has 0 radical (unpaired) electrons. The van der Waals surface area contributed by atoms with Gasteiger partial charge in [0.25, 0.3) is 0 Å². The van der Waals surface area contributed by atoms with Gasteiger partial charge >= 0.3 is 11.9 Å². The maximum atomic E-state index is 11.9. The first-order chi connectivity index (χ1) is 10.7. The van der Waals surface area contributed by atoms with Gasteiger partial charge in [0.05, 0.1) is 12.1 Å². The van der Waals surface area contributed by atoms with Crippen molar-refractivity contribution in [2.75, 3.05) is 12.3 Å². The third-order valence-electron chi connectivity index (χ3n) is 2.60. The number of nitrogens with one attached hydrogen (secondary N) is 2. The van der Waals surface area contributed by atoms with E-state index in [1.54, 1.807) is 13.8 Å². The molecule has 0 saturated carbocycles. The van der Waals surface area contributed by atoms with Crippen LogP contribution in [0, 0.1) is 0 Å². The third kappa shape index (κ3) is 9.74. The van der Waals surface area contributed by atoms with Crippen molar-refractivity contribution in [1.82, 2.24) is 10.6 Å². The number of aliphatic carboxylic acids is 1. The van der Waals surface area contributed by atoms with E-state index < -0.39 is 35.8 Å². The average Bonchev–Trinajstić information content (AvgIpc) is 2.46. The minimum absolute atomic E-state index is 0.0115. The molecule has 0 aliphatic carbocycles. The summed E-state index contributed by atoms with van der Waals surface area (Å²) in [6, 6.07) is -2.04. The van der Waals surface area contributed by atoms with Crippen LogP contribution in [0.4, 0.5) is 0 Å². The second-order valence-corrected chi connectivity index (χ2v) is 5.40. The Morgan fingerprint density at radius 2 is 1.83 bits per heavy atom. The van der Waals surface area contributed by atoms with Gasteiger partial charge in [-0.15, -0.1) is 0 Å². The Hall–Kier alpha value is -1.81. The monoisotopic (exact) mass is 349 g/mol. The quantitative estimate of drug-likeness (QED) is 0.242. The van der Waals surface area contributed by atoms with E-state index in [2.05, 4.69) is 23.3 Å². The van der Waals surface area contributed by atoms with Crippen molar-refractivity contribution < 1.29 is 29.0 Å². The normalized spacial score (nSPS) is 13.1. The molecule has 0 aliphatic rings. The van der Waals surface area contributed by atoms with E-state index in [1.165, 1.54) is 0 Å². The van der Waals surface area contributed by atoms with Crippen molar-refractivity contribution in [1.29, 1.82) is 0 Å². The highest BCUT2D eigenvalue weighted by Gasteiger charge is 2.23. The zero-order valence-corrected chi connectivity index (χ0v) is 14.0. The van der Waals surface area contributed by atoms with Gasteiger partial charge in [-0.25, -0.2) is 0 Å². The summed E-state index contributed by atoms with van der Waals surface area (Å²) >= 11 is 3.96. The topological polar surface area (TPSA) is 148 Å². The summed E-state index contributed by atoms with van der Waals surface area (Å²) in [5, 5.41) is 13.2. The molecule has 0 aliphatic heterocycles. The van der Waals surface area contributed by atoms with Crippen molar-refractivity contribution in [3.63, 3.8) is 0 Å². The number of nitrogens with two attached hydrogens (primary N) is 1. The molecule has 0 heterocycles. The predicted octanol–water partition coefficient (Wildman–Crippen LogP) is -1.34. The lowest BCUT2D eigenvalue weighted by atomic mass is 10.1. The van der Waals surface area contributed by atoms with Gasteiger partial charge in [-0.1, -0.05) is 0 Å². The molecule has 10 heteroatoms. The zero-order chi connectivity index (χ0) is 18.0. The molecular formula is C13H23N3O6S. The molecular weight excluding hydrogens is 326 g/mol. The van der Waals surface area contributed by atoms with Crippen molar-refractivity contribution in [2.45, 2.75) is 44.9 Å². The van der Waals surface area contributed by atoms with Gasteiger partial charge in [0.2, 0.25) is 11.8 Å². The van der Waals surface area contributed by atoms with Crippen molar-refractivity contribution in [2.24, 2.45) is 5.73 Å². The molecule has 0 aromatic rings. The molecule has 0 aromatic carbocycles. The molecule has 0 spiro atoms. The highest BCUT2D eigenvalue weighted by molar-refractivity contribution is 7.80. The summed E-state index contributed by atoms with van der Waals surface area (Å²) in [7, 11) is 0. The van der Waals surface area contributed by atoms with Crippen LogP contribution >= 0.6 is 12.6 Å². The van der Waals surface area contributed by atoms with Crippen molar-refractivity contribution in [3.8, 4) is 0 Å². The number of carbonyl (C=O) groups excluding carboxylic acids is 3. The molecule has 0 fully saturated rings. The number of carboxylic acid groups (broad SMARTS) is 1. The summed E-state index contributed by atoms with van der Waals surface area (Å²) in [6.45, 7) is 3.02. The fourth-order valence-electron chi connectivity index (χ4n) is 1.47. The van der Waals surface area contributed by atoms with Crippen LogP contribution in [0.2, 0.25) is 0 Å². The SMILES string of the molecule is CC(C)OC(=O)CNC(=O)[C@H](CS)NC(=O)[C@@H](N)CCC(=O)O. The Bertz CT molecular complexity index is 443. The first-order valence-electron chi connectivity index (χ1n) is 7.03. The van der Waals surface area contributed by atoms with Crippen LogP contribution in [0.5, 0.6) is 0 Å². The number of carboxylic acids is 1. The maximum absolute atomic E-state index is 11.9. The molecule has 5 N–H and O–H groups in total. The summed E-state index contributed by atoms with van der Waals surface area (Å²) in [5.74, 6) is -2.96. The van der Waals surface area contributed by atoms with Gasteiger partial charge in [0.15, 0.2) is 0 Å². The van der Waals surface area contributed by atoms with Crippen LogP contribution in [-0.2, 0) is 23.9 Å². The van der Waals surface area contributed by atoms with E-state index in [4.69, 9.17) is 15.6 Å². The third-order valence-corrected chi connectivity index (χ3v) is 2.96. The first kappa shape index (κ1) is 21.2. The minimum atomic E-state index is -1.07. The predicted molar refractivity (Wildman–Crippen MR) is 84.9 cm³/mol. The van der Waals surface area contributed by atoms with E-state index >= 15 is 0 Å². The highest BCUT2D eigenvalue weighted by atomic mass is 32.1. The Kier molecular flexibility index (Phi) is 9.99. The number of hydrogen-bond donors (Lipinski definition) is 5. The molecule has 0 rings (SSSR count). The van der Waals surface area contributed by atoms with E-state index in [0.717, 1.165) is 0 Å². The van der Waals surface area contributed by atoms with Gasteiger partial charge in [-0.05, 0) is 20.3 Å². The Morgan fingerprint density at radius 1 is 1.22 bits per heavy atom. The number of carbonyl (C=O) groups is 4. The summed E-state index contributed by atoms with van der Waals surface area (Å²) < 4.78 is 4.85. The molecule has 9 nitrogen and oxygen atoms in total. The summed E-state index contributed by atoms with van der Waals surface area (Å²) in [6.07, 6.45) is -0.608. The highest BCUT2D eigenvalue weighted by Crippen LogP contribution is 1.97. The number of thiol groups is 1. The van der Waals surface area contributed by atoms with Crippen LogP contribution in [0.3, 0.4) is 0 Å². The fourth-order valence-corrected chi connectivity index (χ4v) is 1.73. The molecule has 2 atom stereocenters. The van der Waals surface area contributed by atoms with Gasteiger partial charge in [-0.2, -0.15) is 12.6 Å². The molecule has 132 valence electrons. The smallest absolute Gasteiger partial charge is 0.325 e. The standard InChI is InChI=1S/C13H23N3O6S/c1-7(2)22-11(19)5-15-13(21)9(6-23)16-12(20)8(14)3-4-10(17)18/h7-9,23H,3-6,14H2,1-2H3,(H,15,21)(H,16,20)(H,17,18)/t8-,9-/m0/s1. The van der Waals surface area contributed by atoms with Crippen LogP contribution < -0.4 is 16.4 Å². The van der Waals surface area contributed by atoms with Gasteiger partial charge in [0, 0.05) is 12.2 Å². The lowest BCUT2D eigenvalue weighted by Crippen LogP contribution is -2.53. The van der Waals surface area contributed by atoms with Gasteiger partial charge in [0.1, 0.15) is 12.6 Å². The maximum Gasteiger partial charge on any atom is 0.325 e. The van der Waals surface area contributed by atoms with Crippen molar-refractivity contribution in [3.05, 3.63) is 0 Å². The number of ether oxygens (including phenoxy) is 1. The minimum Gasteiger partial charge on any atom is -0.481 e. The number of amides is 2. The number of rotatable bonds is 10. The van der Waals surface area contributed by atoms with E-state index in [0.29, 0.717) is 0 Å². The Balaban J connectivity index is 4.35. The Labute approximate surface area is 139 Å². The number of hydrogen-bond acceptors (Lipinski definition) is 7. The second-order valence-electron chi connectivity index (χ2n) is 5.04. The van der Waals surface area contributed by atoms with Crippen LogP contribution in [0.25, 0.3) is 0 Å². The summed E-state index contributed by atoms with van der Waals surface area (Å²) in [5.41, 5.74) is 5.54. The zero-order valence-electron chi connectivity index (χ0n) is 13.1. The first-order valence-corrected chi connectivity index (χ1v) is 7.66. The lowest BCUT2D eigenvalue weighted by molar-refractivity contribution is -0.147. The molecule has 2 amide bonds. The van der Waals surface area contributed by atoms with E-state index in [9.17, 15) is 19.2 Å². The molecule has 23 heavy (non-hydrogen) atoms. The molecule has 0 bridgehead atoms. The average molecular weight is 349 g/mol. The fraction of sp³-hybridized carbons (Fsp3) is 0.692. The van der Waals surface area contributed by atoms with Crippen molar-refractivity contribution >= 4 is 36.4 Å². The van der Waals surface area contributed by atoms with E-state index in [1.807, 2.05) is 0 Å². The molecule has 0 aromatic heterocycles. The molecule has 0 unspecified atom stereocenters. The Morgan fingerprint density at radius 3 is 2.30 bits per heavy atom.